The Labute approximate surface area is 49.0 Å². The summed E-state index contributed by atoms with van der Waals surface area (Å²) in [5, 5.41) is 3.02. The Bertz CT molecular complexity index is 61.4. The second-order valence-electron chi connectivity index (χ2n) is 1.75. The van der Waals surface area contributed by atoms with Crippen molar-refractivity contribution in [3.63, 3.8) is 0 Å². The van der Waals surface area contributed by atoms with Crippen molar-refractivity contribution in [2.75, 3.05) is 20.3 Å². The van der Waals surface area contributed by atoms with Crippen LogP contribution >= 0.6 is 0 Å². The Balaban J connectivity index is 2.13. The lowest BCUT2D eigenvalue weighted by molar-refractivity contribution is -0.159. The van der Waals surface area contributed by atoms with E-state index in [4.69, 9.17) is 9.47 Å². The minimum absolute atomic E-state index is 0.163. The van der Waals surface area contributed by atoms with Crippen LogP contribution in [0.5, 0.6) is 0 Å². The lowest BCUT2D eigenvalue weighted by Gasteiger charge is -2.21. The highest BCUT2D eigenvalue weighted by molar-refractivity contribution is 4.51. The standard InChI is InChI=1S/C5H11NO2/c1-7-5-6-3-2-4-8-5/h5-6H,2-4H2,1H3. The molecule has 1 heterocycles. The van der Waals surface area contributed by atoms with Gasteiger partial charge in [-0.1, -0.05) is 0 Å². The molecule has 3 nitrogen and oxygen atoms in total. The van der Waals surface area contributed by atoms with Crippen LogP contribution in [0.3, 0.4) is 0 Å². The molecule has 1 fully saturated rings. The summed E-state index contributed by atoms with van der Waals surface area (Å²) < 4.78 is 9.95. The molecule has 1 atom stereocenters. The maximum absolute atomic E-state index is 5.09. The Morgan fingerprint density at radius 3 is 3.00 bits per heavy atom. The molecule has 0 radical (unpaired) electrons. The van der Waals surface area contributed by atoms with Gasteiger partial charge in [0.1, 0.15) is 0 Å². The molecule has 1 aliphatic rings. The van der Waals surface area contributed by atoms with E-state index in [1.165, 1.54) is 0 Å². The number of rotatable bonds is 1. The van der Waals surface area contributed by atoms with Crippen LogP contribution in [0.4, 0.5) is 0 Å². The lowest BCUT2D eigenvalue weighted by atomic mass is 10.4. The third kappa shape index (κ3) is 1.43. The molecule has 0 aromatic rings. The molecule has 8 heavy (non-hydrogen) atoms. The first-order valence-electron chi connectivity index (χ1n) is 2.81. The van der Waals surface area contributed by atoms with Gasteiger partial charge >= 0.3 is 0 Å². The molecule has 1 unspecified atom stereocenters. The molecule has 3 heteroatoms. The number of nitrogens with one attached hydrogen (secondary N) is 1. The van der Waals surface area contributed by atoms with E-state index in [1.807, 2.05) is 0 Å². The molecular weight excluding hydrogens is 106 g/mol. The zero-order valence-electron chi connectivity index (χ0n) is 5.02. The minimum atomic E-state index is -0.163. The maximum Gasteiger partial charge on any atom is 0.215 e. The van der Waals surface area contributed by atoms with Crippen molar-refractivity contribution in [3.05, 3.63) is 0 Å². The first kappa shape index (κ1) is 6.01. The first-order chi connectivity index (χ1) is 3.93. The smallest absolute Gasteiger partial charge is 0.215 e. The van der Waals surface area contributed by atoms with Gasteiger partial charge < -0.3 is 9.47 Å². The SMILES string of the molecule is COC1NCCCO1. The third-order valence-electron chi connectivity index (χ3n) is 1.12. The predicted molar refractivity (Wildman–Crippen MR) is 29.4 cm³/mol. The first-order valence-corrected chi connectivity index (χ1v) is 2.81. The van der Waals surface area contributed by atoms with Crippen LogP contribution in [0.2, 0.25) is 0 Å². The van der Waals surface area contributed by atoms with Crippen molar-refractivity contribution in [1.29, 1.82) is 0 Å². The molecule has 0 aromatic carbocycles. The van der Waals surface area contributed by atoms with Gasteiger partial charge in [0.2, 0.25) is 6.41 Å². The Kier molecular flexibility index (Phi) is 2.27. The summed E-state index contributed by atoms with van der Waals surface area (Å²) in [4.78, 5) is 0. The van der Waals surface area contributed by atoms with Crippen LogP contribution in [0.15, 0.2) is 0 Å². The van der Waals surface area contributed by atoms with Gasteiger partial charge in [-0.05, 0) is 6.42 Å². The molecule has 0 aliphatic carbocycles. The largest absolute Gasteiger partial charge is 0.343 e. The van der Waals surface area contributed by atoms with E-state index in [2.05, 4.69) is 5.32 Å². The summed E-state index contributed by atoms with van der Waals surface area (Å²) in [6, 6.07) is 0. The third-order valence-corrected chi connectivity index (χ3v) is 1.12. The average molecular weight is 117 g/mol. The van der Waals surface area contributed by atoms with Crippen LogP contribution in [0.1, 0.15) is 6.42 Å². The van der Waals surface area contributed by atoms with Gasteiger partial charge in [-0.2, -0.15) is 0 Å². The Morgan fingerprint density at radius 2 is 2.62 bits per heavy atom. The molecule has 0 amide bonds. The van der Waals surface area contributed by atoms with Gasteiger partial charge in [0, 0.05) is 13.7 Å². The van der Waals surface area contributed by atoms with E-state index < -0.39 is 0 Å². The zero-order valence-corrected chi connectivity index (χ0v) is 5.02. The maximum atomic E-state index is 5.09. The fourth-order valence-corrected chi connectivity index (χ4v) is 0.693. The quantitative estimate of drug-likeness (QED) is 0.521. The number of methoxy groups -OCH3 is 1. The van der Waals surface area contributed by atoms with Crippen molar-refractivity contribution in [3.8, 4) is 0 Å². The Hall–Kier alpha value is -0.120. The fraction of sp³-hybridized carbons (Fsp3) is 1.00. The van der Waals surface area contributed by atoms with E-state index >= 15 is 0 Å². The summed E-state index contributed by atoms with van der Waals surface area (Å²) in [7, 11) is 1.63. The van der Waals surface area contributed by atoms with Gasteiger partial charge in [-0.15, -0.1) is 0 Å². The van der Waals surface area contributed by atoms with Gasteiger partial charge in [0.05, 0.1) is 6.61 Å². The molecular formula is C5H11NO2. The van der Waals surface area contributed by atoms with Gasteiger partial charge in [0.15, 0.2) is 0 Å². The highest BCUT2D eigenvalue weighted by Crippen LogP contribution is 1.95. The molecule has 0 spiro atoms. The molecule has 0 saturated carbocycles. The molecule has 1 aliphatic heterocycles. The van der Waals surface area contributed by atoms with Crippen LogP contribution in [0.25, 0.3) is 0 Å². The summed E-state index contributed by atoms with van der Waals surface area (Å²) in [5.41, 5.74) is 0. The van der Waals surface area contributed by atoms with Gasteiger partial charge in [0.25, 0.3) is 0 Å². The van der Waals surface area contributed by atoms with E-state index in [-0.39, 0.29) is 6.41 Å². The van der Waals surface area contributed by atoms with Gasteiger partial charge in [-0.25, -0.2) is 0 Å². The molecule has 1 saturated heterocycles. The fourth-order valence-electron chi connectivity index (χ4n) is 0.693. The second kappa shape index (κ2) is 3.02. The van der Waals surface area contributed by atoms with Gasteiger partial charge in [-0.3, -0.25) is 5.32 Å². The summed E-state index contributed by atoms with van der Waals surface area (Å²) in [5.74, 6) is 0. The minimum Gasteiger partial charge on any atom is -0.343 e. The van der Waals surface area contributed by atoms with Crippen molar-refractivity contribution >= 4 is 0 Å². The van der Waals surface area contributed by atoms with E-state index in [0.29, 0.717) is 0 Å². The number of ether oxygens (including phenoxy) is 2. The topological polar surface area (TPSA) is 30.5 Å². The van der Waals surface area contributed by atoms with Crippen molar-refractivity contribution in [2.24, 2.45) is 0 Å². The van der Waals surface area contributed by atoms with Crippen molar-refractivity contribution in [1.82, 2.24) is 5.32 Å². The van der Waals surface area contributed by atoms with Crippen LogP contribution < -0.4 is 5.32 Å². The lowest BCUT2D eigenvalue weighted by Crippen LogP contribution is -2.39. The molecule has 0 bridgehead atoms. The monoisotopic (exact) mass is 117 g/mol. The summed E-state index contributed by atoms with van der Waals surface area (Å²) >= 11 is 0. The van der Waals surface area contributed by atoms with Crippen LogP contribution in [-0.2, 0) is 9.47 Å². The zero-order chi connectivity index (χ0) is 5.82. The van der Waals surface area contributed by atoms with E-state index in [1.54, 1.807) is 7.11 Å². The van der Waals surface area contributed by atoms with Crippen LogP contribution in [-0.4, -0.2) is 26.7 Å². The van der Waals surface area contributed by atoms with E-state index in [0.717, 1.165) is 19.6 Å². The summed E-state index contributed by atoms with van der Waals surface area (Å²) in [6.45, 7) is 1.81. The highest BCUT2D eigenvalue weighted by Gasteiger charge is 2.09. The number of hydrogen-bond acceptors (Lipinski definition) is 3. The Morgan fingerprint density at radius 1 is 1.75 bits per heavy atom. The average Bonchev–Trinajstić information content (AvgIpc) is 1.90. The van der Waals surface area contributed by atoms with Crippen LogP contribution in [0, 0.1) is 0 Å². The highest BCUT2D eigenvalue weighted by atomic mass is 16.7. The van der Waals surface area contributed by atoms with Crippen molar-refractivity contribution in [2.45, 2.75) is 12.8 Å². The molecule has 0 aromatic heterocycles. The molecule has 1 N–H and O–H groups in total. The normalized spacial score (nSPS) is 30.4. The van der Waals surface area contributed by atoms with E-state index in [9.17, 15) is 0 Å². The molecule has 48 valence electrons. The number of hydrogen-bond donors (Lipinski definition) is 1. The second-order valence-corrected chi connectivity index (χ2v) is 1.75. The van der Waals surface area contributed by atoms with Crippen molar-refractivity contribution < 1.29 is 9.47 Å². The molecule has 1 rings (SSSR count). The summed E-state index contributed by atoms with van der Waals surface area (Å²) in [6.07, 6.45) is 0.920. The predicted octanol–water partition coefficient (Wildman–Crippen LogP) is -0.0737.